The van der Waals surface area contributed by atoms with Crippen LogP contribution < -0.4 is 5.32 Å². The molecule has 1 aliphatic rings. The lowest BCUT2D eigenvalue weighted by atomic mass is 9.97. The fourth-order valence-electron chi connectivity index (χ4n) is 2.04. The highest BCUT2D eigenvalue weighted by Crippen LogP contribution is 2.26. The molecule has 5 heteroatoms. The summed E-state index contributed by atoms with van der Waals surface area (Å²) < 4.78 is 1.01. The highest BCUT2D eigenvalue weighted by molar-refractivity contribution is 9.10. The van der Waals surface area contributed by atoms with Crippen LogP contribution in [-0.2, 0) is 11.2 Å². The third-order valence-corrected chi connectivity index (χ3v) is 4.83. The molecule has 1 aromatic carbocycles. The van der Waals surface area contributed by atoms with Crippen molar-refractivity contribution < 1.29 is 9.90 Å². The van der Waals surface area contributed by atoms with Gasteiger partial charge in [0.1, 0.15) is 0 Å². The van der Waals surface area contributed by atoms with Gasteiger partial charge in [-0.1, -0.05) is 28.1 Å². The topological polar surface area (TPSA) is 49.3 Å². The van der Waals surface area contributed by atoms with Gasteiger partial charge in [-0.15, -0.1) is 0 Å². The Hall–Kier alpha value is -0.520. The number of amides is 1. The first-order valence-electron chi connectivity index (χ1n) is 6.39. The molecule has 19 heavy (non-hydrogen) atoms. The zero-order chi connectivity index (χ0) is 13.7. The first kappa shape index (κ1) is 14.9. The van der Waals surface area contributed by atoms with Gasteiger partial charge in [0.2, 0.25) is 5.91 Å². The summed E-state index contributed by atoms with van der Waals surface area (Å²) in [7, 11) is 0. The SMILES string of the molecule is O=C(Cc1ccc(Br)cc1)NCC1(O)CCSCC1. The van der Waals surface area contributed by atoms with E-state index in [1.807, 2.05) is 36.0 Å². The minimum atomic E-state index is -0.708. The summed E-state index contributed by atoms with van der Waals surface area (Å²) in [6.45, 7) is 0.364. The van der Waals surface area contributed by atoms with Crippen molar-refractivity contribution >= 4 is 33.6 Å². The molecule has 3 nitrogen and oxygen atoms in total. The van der Waals surface area contributed by atoms with Crippen LogP contribution in [0.3, 0.4) is 0 Å². The maximum atomic E-state index is 11.8. The molecule has 0 saturated carbocycles. The Labute approximate surface area is 126 Å². The molecule has 1 amide bonds. The molecule has 2 N–H and O–H groups in total. The Balaban J connectivity index is 1.79. The molecule has 104 valence electrons. The molecule has 1 fully saturated rings. The first-order valence-corrected chi connectivity index (χ1v) is 8.33. The maximum Gasteiger partial charge on any atom is 0.224 e. The Bertz CT molecular complexity index is 430. The highest BCUT2D eigenvalue weighted by Gasteiger charge is 2.29. The van der Waals surface area contributed by atoms with Gasteiger partial charge in [0, 0.05) is 11.0 Å². The van der Waals surface area contributed by atoms with Gasteiger partial charge < -0.3 is 10.4 Å². The van der Waals surface area contributed by atoms with Crippen LogP contribution in [0.2, 0.25) is 0 Å². The molecule has 0 unspecified atom stereocenters. The van der Waals surface area contributed by atoms with Crippen molar-refractivity contribution in [1.29, 1.82) is 0 Å². The van der Waals surface area contributed by atoms with Crippen LogP contribution in [-0.4, -0.2) is 34.7 Å². The predicted molar refractivity (Wildman–Crippen MR) is 82.4 cm³/mol. The van der Waals surface area contributed by atoms with Crippen LogP contribution in [0.1, 0.15) is 18.4 Å². The third kappa shape index (κ3) is 4.82. The molecular formula is C14H18BrNO2S. The number of hydrogen-bond acceptors (Lipinski definition) is 3. The standard InChI is InChI=1S/C14H18BrNO2S/c15-12-3-1-11(2-4-12)9-13(17)16-10-14(18)5-7-19-8-6-14/h1-4,18H,5-10H2,(H,16,17). The lowest BCUT2D eigenvalue weighted by Gasteiger charge is -2.31. The normalized spacial score (nSPS) is 18.0. The van der Waals surface area contributed by atoms with E-state index in [0.29, 0.717) is 13.0 Å². The number of thioether (sulfide) groups is 1. The number of benzene rings is 1. The maximum absolute atomic E-state index is 11.8. The van der Waals surface area contributed by atoms with E-state index in [1.54, 1.807) is 0 Å². The van der Waals surface area contributed by atoms with Gasteiger partial charge in [-0.05, 0) is 42.0 Å². The average Bonchev–Trinajstić information content (AvgIpc) is 2.40. The van der Waals surface area contributed by atoms with E-state index in [4.69, 9.17) is 0 Å². The second kappa shape index (κ2) is 6.77. The molecule has 1 aromatic rings. The van der Waals surface area contributed by atoms with Crippen molar-refractivity contribution in [3.63, 3.8) is 0 Å². The smallest absolute Gasteiger partial charge is 0.224 e. The van der Waals surface area contributed by atoms with Crippen molar-refractivity contribution in [1.82, 2.24) is 5.32 Å². The number of aliphatic hydroxyl groups is 1. The minimum absolute atomic E-state index is 0.0334. The van der Waals surface area contributed by atoms with Gasteiger partial charge in [-0.2, -0.15) is 11.8 Å². The van der Waals surface area contributed by atoms with Gasteiger partial charge in [-0.25, -0.2) is 0 Å². The van der Waals surface area contributed by atoms with E-state index in [1.165, 1.54) is 0 Å². The summed E-state index contributed by atoms with van der Waals surface area (Å²) >= 11 is 5.22. The van der Waals surface area contributed by atoms with E-state index < -0.39 is 5.60 Å². The highest BCUT2D eigenvalue weighted by atomic mass is 79.9. The summed E-state index contributed by atoms with van der Waals surface area (Å²) in [5, 5.41) is 13.1. The molecular weight excluding hydrogens is 326 g/mol. The van der Waals surface area contributed by atoms with Crippen molar-refractivity contribution in [3.8, 4) is 0 Å². The largest absolute Gasteiger partial charge is 0.388 e. The second-order valence-electron chi connectivity index (χ2n) is 4.92. The molecule has 0 aliphatic carbocycles. The van der Waals surface area contributed by atoms with E-state index in [0.717, 1.165) is 34.4 Å². The molecule has 1 heterocycles. The van der Waals surface area contributed by atoms with Gasteiger partial charge in [0.25, 0.3) is 0 Å². The van der Waals surface area contributed by atoms with Crippen molar-refractivity contribution in [2.45, 2.75) is 24.9 Å². The van der Waals surface area contributed by atoms with Gasteiger partial charge in [-0.3, -0.25) is 4.79 Å². The Kier molecular flexibility index (Phi) is 5.30. The zero-order valence-electron chi connectivity index (χ0n) is 10.7. The molecule has 0 atom stereocenters. The van der Waals surface area contributed by atoms with Crippen LogP contribution in [0.15, 0.2) is 28.7 Å². The van der Waals surface area contributed by atoms with Crippen LogP contribution in [0.25, 0.3) is 0 Å². The summed E-state index contributed by atoms with van der Waals surface area (Å²) in [4.78, 5) is 11.8. The Morgan fingerprint density at radius 1 is 1.32 bits per heavy atom. The van der Waals surface area contributed by atoms with Gasteiger partial charge >= 0.3 is 0 Å². The summed E-state index contributed by atoms with van der Waals surface area (Å²) in [5.74, 6) is 1.91. The van der Waals surface area contributed by atoms with Crippen molar-refractivity contribution in [2.75, 3.05) is 18.1 Å². The van der Waals surface area contributed by atoms with Crippen molar-refractivity contribution in [2.24, 2.45) is 0 Å². The third-order valence-electron chi connectivity index (χ3n) is 3.32. The average molecular weight is 344 g/mol. The van der Waals surface area contributed by atoms with Crippen LogP contribution in [0.4, 0.5) is 0 Å². The number of hydrogen-bond donors (Lipinski definition) is 2. The molecule has 1 saturated heterocycles. The van der Waals surface area contributed by atoms with E-state index in [9.17, 15) is 9.90 Å². The van der Waals surface area contributed by atoms with E-state index in [-0.39, 0.29) is 5.91 Å². The lowest BCUT2D eigenvalue weighted by Crippen LogP contribution is -2.45. The fourth-order valence-corrected chi connectivity index (χ4v) is 3.56. The van der Waals surface area contributed by atoms with Crippen LogP contribution in [0.5, 0.6) is 0 Å². The van der Waals surface area contributed by atoms with Crippen LogP contribution >= 0.6 is 27.7 Å². The molecule has 1 aliphatic heterocycles. The number of rotatable bonds is 4. The van der Waals surface area contributed by atoms with Crippen molar-refractivity contribution in [3.05, 3.63) is 34.3 Å². The van der Waals surface area contributed by atoms with Gasteiger partial charge in [0.05, 0.1) is 12.0 Å². The Morgan fingerprint density at radius 2 is 1.95 bits per heavy atom. The molecule has 0 spiro atoms. The van der Waals surface area contributed by atoms with Gasteiger partial charge in [0.15, 0.2) is 0 Å². The number of halogens is 1. The molecule has 2 rings (SSSR count). The van der Waals surface area contributed by atoms with Crippen LogP contribution in [0, 0.1) is 0 Å². The van der Waals surface area contributed by atoms with E-state index in [2.05, 4.69) is 21.2 Å². The first-order chi connectivity index (χ1) is 9.07. The summed E-state index contributed by atoms with van der Waals surface area (Å²) in [6.07, 6.45) is 1.88. The molecule has 0 bridgehead atoms. The number of carbonyl (C=O) groups excluding carboxylic acids is 1. The second-order valence-corrected chi connectivity index (χ2v) is 7.06. The Morgan fingerprint density at radius 3 is 2.58 bits per heavy atom. The molecule has 0 radical (unpaired) electrons. The summed E-state index contributed by atoms with van der Waals surface area (Å²) in [5.41, 5.74) is 0.271. The monoisotopic (exact) mass is 343 g/mol. The molecule has 0 aromatic heterocycles. The number of nitrogens with one attached hydrogen (secondary N) is 1. The predicted octanol–water partition coefficient (Wildman–Crippen LogP) is 2.37. The zero-order valence-corrected chi connectivity index (χ0v) is 13.1. The lowest BCUT2D eigenvalue weighted by molar-refractivity contribution is -0.121. The van der Waals surface area contributed by atoms with E-state index >= 15 is 0 Å². The quantitative estimate of drug-likeness (QED) is 0.882. The minimum Gasteiger partial charge on any atom is -0.388 e. The summed E-state index contributed by atoms with van der Waals surface area (Å²) in [6, 6.07) is 7.70. The fraction of sp³-hybridized carbons (Fsp3) is 0.500. The number of carbonyl (C=O) groups is 1.